The van der Waals surface area contributed by atoms with E-state index in [1.54, 1.807) is 0 Å². The number of rotatable bonds is 5. The normalized spacial score (nSPS) is 25.2. The third-order valence-corrected chi connectivity index (χ3v) is 4.79. The molecular weight excluding hydrogens is 284 g/mol. The molecular formula is C15H25N4O3+. The minimum atomic E-state index is -0.675. The molecule has 3 N–H and O–H groups in total. The monoisotopic (exact) mass is 309 g/mol. The van der Waals surface area contributed by atoms with E-state index < -0.39 is 5.54 Å². The summed E-state index contributed by atoms with van der Waals surface area (Å²) in [7, 11) is 1.83. The number of carbonyl (C=O) groups excluding carboxylic acids is 3. The summed E-state index contributed by atoms with van der Waals surface area (Å²) >= 11 is 0. The molecule has 1 atom stereocenters. The molecule has 0 aromatic rings. The zero-order valence-corrected chi connectivity index (χ0v) is 13.1. The van der Waals surface area contributed by atoms with Gasteiger partial charge < -0.3 is 15.5 Å². The highest BCUT2D eigenvalue weighted by Crippen LogP contribution is 2.33. The average Bonchev–Trinajstić information content (AvgIpc) is 3.25. The van der Waals surface area contributed by atoms with Gasteiger partial charge in [0.05, 0.1) is 7.05 Å². The number of imide groups is 1. The van der Waals surface area contributed by atoms with Crippen molar-refractivity contribution in [2.45, 2.75) is 56.5 Å². The second-order valence-electron chi connectivity index (χ2n) is 6.94. The Labute approximate surface area is 130 Å². The molecule has 1 saturated heterocycles. The number of urea groups is 1. The lowest BCUT2D eigenvalue weighted by molar-refractivity contribution is -0.879. The number of nitrogens with zero attached hydrogens (tertiary/aromatic N) is 1. The topological polar surface area (TPSA) is 82.9 Å². The van der Waals surface area contributed by atoms with Crippen LogP contribution in [0.25, 0.3) is 0 Å². The molecule has 7 nitrogen and oxygen atoms in total. The molecule has 4 amide bonds. The maximum Gasteiger partial charge on any atom is 0.329 e. The first-order chi connectivity index (χ1) is 10.5. The van der Waals surface area contributed by atoms with Crippen LogP contribution in [-0.2, 0) is 9.59 Å². The van der Waals surface area contributed by atoms with E-state index in [-0.39, 0.29) is 31.1 Å². The van der Waals surface area contributed by atoms with Crippen LogP contribution in [-0.4, -0.2) is 54.6 Å². The summed E-state index contributed by atoms with van der Waals surface area (Å²) in [6.45, 7) is 0.519. The van der Waals surface area contributed by atoms with Crippen molar-refractivity contribution < 1.29 is 19.3 Å². The van der Waals surface area contributed by atoms with Crippen LogP contribution in [0.1, 0.15) is 44.9 Å². The predicted molar refractivity (Wildman–Crippen MR) is 79.0 cm³/mol. The van der Waals surface area contributed by atoms with Crippen LogP contribution in [0.15, 0.2) is 0 Å². The molecule has 3 rings (SSSR count). The molecule has 7 heteroatoms. The molecule has 0 aromatic heterocycles. The van der Waals surface area contributed by atoms with Gasteiger partial charge in [-0.1, -0.05) is 19.3 Å². The van der Waals surface area contributed by atoms with Crippen molar-refractivity contribution in [3.63, 3.8) is 0 Å². The highest BCUT2D eigenvalue weighted by Gasteiger charge is 2.52. The van der Waals surface area contributed by atoms with Gasteiger partial charge in [-0.15, -0.1) is 0 Å². The van der Waals surface area contributed by atoms with Crippen LogP contribution in [0.3, 0.4) is 0 Å². The Morgan fingerprint density at radius 1 is 1.32 bits per heavy atom. The molecule has 122 valence electrons. The summed E-state index contributed by atoms with van der Waals surface area (Å²) in [4.78, 5) is 38.7. The Balaban J connectivity index is 1.55. The standard InChI is InChI=1S/C15H24N4O3/c1-18(9-12(20)16-11-5-6-11)10-19-13(21)15(17-14(19)22)7-3-2-4-8-15/h11H,2-10H2,1H3,(H,16,20)(H,17,22)/p+1. The Kier molecular flexibility index (Phi) is 4.08. The molecule has 0 aromatic carbocycles. The molecule has 0 radical (unpaired) electrons. The van der Waals surface area contributed by atoms with E-state index in [9.17, 15) is 14.4 Å². The third-order valence-electron chi connectivity index (χ3n) is 4.79. The van der Waals surface area contributed by atoms with Crippen LogP contribution in [0.5, 0.6) is 0 Å². The van der Waals surface area contributed by atoms with Gasteiger partial charge in [-0.05, 0) is 25.7 Å². The first kappa shape index (κ1) is 15.3. The van der Waals surface area contributed by atoms with Crippen molar-refractivity contribution in [1.82, 2.24) is 15.5 Å². The number of amides is 4. The van der Waals surface area contributed by atoms with E-state index in [0.29, 0.717) is 6.04 Å². The van der Waals surface area contributed by atoms with Crippen molar-refractivity contribution in [3.05, 3.63) is 0 Å². The van der Waals surface area contributed by atoms with Gasteiger partial charge in [-0.2, -0.15) is 0 Å². The predicted octanol–water partition coefficient (Wildman–Crippen LogP) is -1.01. The summed E-state index contributed by atoms with van der Waals surface area (Å²) in [5.74, 6) is -0.126. The largest absolute Gasteiger partial charge is 0.348 e. The highest BCUT2D eigenvalue weighted by molar-refractivity contribution is 6.06. The third kappa shape index (κ3) is 3.09. The maximum absolute atomic E-state index is 12.6. The van der Waals surface area contributed by atoms with Gasteiger partial charge in [0.15, 0.2) is 13.2 Å². The Morgan fingerprint density at radius 2 is 2.00 bits per heavy atom. The van der Waals surface area contributed by atoms with Crippen molar-refractivity contribution in [1.29, 1.82) is 0 Å². The zero-order valence-electron chi connectivity index (χ0n) is 13.1. The Morgan fingerprint density at radius 3 is 2.64 bits per heavy atom. The minimum absolute atomic E-state index is 0.0144. The second kappa shape index (κ2) is 5.87. The molecule has 22 heavy (non-hydrogen) atoms. The fraction of sp³-hybridized carbons (Fsp3) is 0.800. The number of hydrogen-bond acceptors (Lipinski definition) is 3. The summed E-state index contributed by atoms with van der Waals surface area (Å²) in [6, 6.07) is 0.0244. The van der Waals surface area contributed by atoms with Crippen molar-refractivity contribution in [2.75, 3.05) is 20.3 Å². The van der Waals surface area contributed by atoms with Crippen LogP contribution in [0.2, 0.25) is 0 Å². The van der Waals surface area contributed by atoms with E-state index in [1.807, 2.05) is 7.05 Å². The average molecular weight is 309 g/mol. The SMILES string of the molecule is C[NH+](CC(=O)NC1CC1)CN1C(=O)NC2(CCCCC2)C1=O. The molecule has 1 unspecified atom stereocenters. The lowest BCUT2D eigenvalue weighted by atomic mass is 9.82. The van der Waals surface area contributed by atoms with Crippen LogP contribution < -0.4 is 15.5 Å². The quantitative estimate of drug-likeness (QED) is 0.569. The van der Waals surface area contributed by atoms with Crippen LogP contribution in [0, 0.1) is 0 Å². The summed E-state index contributed by atoms with van der Waals surface area (Å²) in [5.41, 5.74) is -0.675. The molecule has 3 fully saturated rings. The molecule has 2 saturated carbocycles. The first-order valence-electron chi connectivity index (χ1n) is 8.25. The first-order valence-corrected chi connectivity index (χ1v) is 8.25. The number of quaternary nitrogens is 1. The molecule has 1 spiro atoms. The van der Waals surface area contributed by atoms with Gasteiger partial charge >= 0.3 is 6.03 Å². The van der Waals surface area contributed by atoms with Crippen molar-refractivity contribution in [2.24, 2.45) is 0 Å². The van der Waals surface area contributed by atoms with Crippen molar-refractivity contribution in [3.8, 4) is 0 Å². The van der Waals surface area contributed by atoms with Crippen LogP contribution >= 0.6 is 0 Å². The molecule has 2 aliphatic carbocycles. The van der Waals surface area contributed by atoms with Gasteiger partial charge in [0.2, 0.25) is 0 Å². The summed E-state index contributed by atoms with van der Waals surface area (Å²) < 4.78 is 0. The van der Waals surface area contributed by atoms with Gasteiger partial charge in [-0.25, -0.2) is 9.69 Å². The van der Waals surface area contributed by atoms with Gasteiger partial charge in [0.25, 0.3) is 11.8 Å². The second-order valence-corrected chi connectivity index (χ2v) is 6.94. The smallest absolute Gasteiger partial charge is 0.329 e. The number of carbonyl (C=O) groups is 3. The highest BCUT2D eigenvalue weighted by atomic mass is 16.2. The number of hydrogen-bond donors (Lipinski definition) is 3. The molecule has 1 heterocycles. The maximum atomic E-state index is 12.6. The van der Waals surface area contributed by atoms with Gasteiger partial charge in [-0.3, -0.25) is 9.59 Å². The molecule has 3 aliphatic rings. The number of likely N-dealkylation sites (N-methyl/N-ethyl adjacent to an activating group) is 1. The van der Waals surface area contributed by atoms with Crippen molar-refractivity contribution >= 4 is 17.8 Å². The number of nitrogens with one attached hydrogen (secondary N) is 3. The summed E-state index contributed by atoms with van der Waals surface area (Å²) in [6.07, 6.45) is 6.65. The molecule has 1 aliphatic heterocycles. The zero-order chi connectivity index (χ0) is 15.7. The van der Waals surface area contributed by atoms with E-state index in [4.69, 9.17) is 0 Å². The van der Waals surface area contributed by atoms with E-state index in [0.717, 1.165) is 49.8 Å². The molecule has 0 bridgehead atoms. The van der Waals surface area contributed by atoms with Crippen LogP contribution in [0.4, 0.5) is 4.79 Å². The fourth-order valence-electron chi connectivity index (χ4n) is 3.42. The van der Waals surface area contributed by atoms with Gasteiger partial charge in [0.1, 0.15) is 5.54 Å². The van der Waals surface area contributed by atoms with E-state index >= 15 is 0 Å². The fourth-order valence-corrected chi connectivity index (χ4v) is 3.42. The minimum Gasteiger partial charge on any atom is -0.348 e. The Bertz CT molecular complexity index is 483. The lowest BCUT2D eigenvalue weighted by Crippen LogP contribution is -3.12. The Hall–Kier alpha value is -1.63. The lowest BCUT2D eigenvalue weighted by Gasteiger charge is -2.30. The van der Waals surface area contributed by atoms with E-state index in [1.165, 1.54) is 4.90 Å². The van der Waals surface area contributed by atoms with Gasteiger partial charge in [0, 0.05) is 6.04 Å². The summed E-state index contributed by atoms with van der Waals surface area (Å²) in [5, 5.41) is 5.82. The van der Waals surface area contributed by atoms with E-state index in [2.05, 4.69) is 10.6 Å².